The quantitative estimate of drug-likeness (QED) is 0.648. The Kier molecular flexibility index (Phi) is 4.24. The van der Waals surface area contributed by atoms with Gasteiger partial charge in [0.05, 0.1) is 6.33 Å². The first-order valence-electron chi connectivity index (χ1n) is 4.73. The largest absolute Gasteiger partial charge is 0.215 e. The van der Waals surface area contributed by atoms with Gasteiger partial charge in [-0.05, 0) is 24.0 Å². The first-order valence-corrected chi connectivity index (χ1v) is 4.73. The molecule has 0 radical (unpaired) electrons. The zero-order chi connectivity index (χ0) is 9.52. The Bertz CT molecular complexity index is 262. The summed E-state index contributed by atoms with van der Waals surface area (Å²) in [6.45, 7) is 2.11. The molecular weight excluding hydrogens is 163 g/mol. The predicted octanol–water partition coefficient (Wildman–Crippen LogP) is 4.19. The fourth-order valence-electron chi connectivity index (χ4n) is 1.28. The van der Waals surface area contributed by atoms with Gasteiger partial charge in [0.25, 0.3) is 0 Å². The Morgan fingerprint density at radius 1 is 1.31 bits per heavy atom. The molecule has 0 atom stereocenters. The van der Waals surface area contributed by atoms with E-state index in [9.17, 15) is 4.39 Å². The van der Waals surface area contributed by atoms with Gasteiger partial charge in [0.2, 0.25) is 0 Å². The molecule has 0 aliphatic heterocycles. The highest BCUT2D eigenvalue weighted by atomic mass is 19.1. The van der Waals surface area contributed by atoms with E-state index in [1.54, 1.807) is 0 Å². The Morgan fingerprint density at radius 3 is 2.54 bits per heavy atom. The zero-order valence-electron chi connectivity index (χ0n) is 7.96. The van der Waals surface area contributed by atoms with Crippen molar-refractivity contribution >= 4 is 5.57 Å². The lowest BCUT2D eigenvalue weighted by atomic mass is 10.0. The highest BCUT2D eigenvalue weighted by Crippen LogP contribution is 2.20. The maximum atomic E-state index is 12.5. The Hall–Kier alpha value is -1.11. The molecule has 70 valence electrons. The number of halogens is 1. The van der Waals surface area contributed by atoms with Crippen molar-refractivity contribution in [3.8, 4) is 0 Å². The smallest absolute Gasteiger partial charge is 0.0904 e. The fraction of sp³-hybridized carbons (Fsp3) is 0.333. The summed E-state index contributed by atoms with van der Waals surface area (Å²) in [6.07, 6.45) is 3.71. The third kappa shape index (κ3) is 3.02. The van der Waals surface area contributed by atoms with E-state index in [2.05, 4.69) is 6.92 Å². The molecule has 0 amide bonds. The zero-order valence-corrected chi connectivity index (χ0v) is 7.96. The van der Waals surface area contributed by atoms with Gasteiger partial charge < -0.3 is 0 Å². The van der Waals surface area contributed by atoms with Gasteiger partial charge in [0.1, 0.15) is 0 Å². The van der Waals surface area contributed by atoms with Crippen molar-refractivity contribution in [2.24, 2.45) is 0 Å². The molecule has 0 aromatic heterocycles. The molecule has 0 spiro atoms. The van der Waals surface area contributed by atoms with E-state index in [-0.39, 0.29) is 0 Å². The summed E-state index contributed by atoms with van der Waals surface area (Å²) in [5.41, 5.74) is 1.81. The normalized spacial score (nSPS) is 11.7. The van der Waals surface area contributed by atoms with Gasteiger partial charge in [0, 0.05) is 0 Å². The van der Waals surface area contributed by atoms with E-state index < -0.39 is 0 Å². The second-order valence-corrected chi connectivity index (χ2v) is 3.10. The van der Waals surface area contributed by atoms with Crippen LogP contribution in [-0.2, 0) is 0 Å². The van der Waals surface area contributed by atoms with Crippen LogP contribution in [0.5, 0.6) is 0 Å². The molecule has 0 unspecified atom stereocenters. The topological polar surface area (TPSA) is 0 Å². The summed E-state index contributed by atoms with van der Waals surface area (Å²) in [5.74, 6) is 0. The summed E-state index contributed by atoms with van der Waals surface area (Å²) in [6, 6.07) is 9.71. The molecule has 0 aliphatic rings. The number of allylic oxidation sites excluding steroid dienone is 1. The van der Waals surface area contributed by atoms with E-state index in [4.69, 9.17) is 0 Å². The van der Waals surface area contributed by atoms with Crippen molar-refractivity contribution in [2.75, 3.05) is 0 Å². The van der Waals surface area contributed by atoms with E-state index in [1.165, 1.54) is 0 Å². The van der Waals surface area contributed by atoms with Crippen molar-refractivity contribution in [2.45, 2.75) is 26.2 Å². The number of hydrogen-bond donors (Lipinski definition) is 0. The first-order chi connectivity index (χ1) is 6.38. The molecule has 0 bridgehead atoms. The van der Waals surface area contributed by atoms with Gasteiger partial charge in [-0.2, -0.15) is 0 Å². The average molecular weight is 178 g/mol. The minimum absolute atomic E-state index is 0.727. The lowest BCUT2D eigenvalue weighted by Gasteiger charge is -2.03. The summed E-state index contributed by atoms with van der Waals surface area (Å²) in [5, 5.41) is 0. The standard InChI is InChI=1S/C12H15F/c1-2-3-7-12(10-13)11-8-5-4-6-9-11/h4-6,8-10H,2-3,7H2,1H3. The van der Waals surface area contributed by atoms with Crippen LogP contribution < -0.4 is 0 Å². The van der Waals surface area contributed by atoms with Crippen molar-refractivity contribution < 1.29 is 4.39 Å². The lowest BCUT2D eigenvalue weighted by Crippen LogP contribution is -1.83. The van der Waals surface area contributed by atoms with Crippen LogP contribution in [0, 0.1) is 0 Å². The molecular formula is C12H15F. The minimum Gasteiger partial charge on any atom is -0.215 e. The van der Waals surface area contributed by atoms with Crippen molar-refractivity contribution in [1.82, 2.24) is 0 Å². The molecule has 0 fully saturated rings. The van der Waals surface area contributed by atoms with Crippen LogP contribution in [0.4, 0.5) is 4.39 Å². The third-order valence-electron chi connectivity index (χ3n) is 2.08. The molecule has 0 saturated carbocycles. The van der Waals surface area contributed by atoms with E-state index in [1.807, 2.05) is 30.3 Å². The van der Waals surface area contributed by atoms with Gasteiger partial charge in [0.15, 0.2) is 0 Å². The van der Waals surface area contributed by atoms with Gasteiger partial charge in [-0.25, -0.2) is 4.39 Å². The number of rotatable bonds is 4. The monoisotopic (exact) mass is 178 g/mol. The summed E-state index contributed by atoms with van der Waals surface area (Å²) in [4.78, 5) is 0. The van der Waals surface area contributed by atoms with Gasteiger partial charge in [-0.15, -0.1) is 0 Å². The Labute approximate surface area is 79.1 Å². The maximum Gasteiger partial charge on any atom is 0.0904 e. The molecule has 13 heavy (non-hydrogen) atoms. The second-order valence-electron chi connectivity index (χ2n) is 3.10. The maximum absolute atomic E-state index is 12.5. The molecule has 1 heteroatoms. The fourth-order valence-corrected chi connectivity index (χ4v) is 1.28. The molecule has 1 aromatic carbocycles. The highest BCUT2D eigenvalue weighted by molar-refractivity contribution is 5.64. The predicted molar refractivity (Wildman–Crippen MR) is 55.1 cm³/mol. The summed E-state index contributed by atoms with van der Waals surface area (Å²) < 4.78 is 12.5. The van der Waals surface area contributed by atoms with Gasteiger partial charge in [-0.1, -0.05) is 43.7 Å². The van der Waals surface area contributed by atoms with Crippen LogP contribution >= 0.6 is 0 Å². The van der Waals surface area contributed by atoms with Crippen LogP contribution in [0.1, 0.15) is 31.7 Å². The van der Waals surface area contributed by atoms with E-state index >= 15 is 0 Å². The summed E-state index contributed by atoms with van der Waals surface area (Å²) in [7, 11) is 0. The molecule has 1 rings (SSSR count). The van der Waals surface area contributed by atoms with E-state index in [0.29, 0.717) is 0 Å². The van der Waals surface area contributed by atoms with Crippen molar-refractivity contribution in [3.05, 3.63) is 42.2 Å². The summed E-state index contributed by atoms with van der Waals surface area (Å²) >= 11 is 0. The Morgan fingerprint density at radius 2 is 2.00 bits per heavy atom. The number of hydrogen-bond acceptors (Lipinski definition) is 0. The van der Waals surface area contributed by atoms with Crippen LogP contribution in [0.25, 0.3) is 5.57 Å². The average Bonchev–Trinajstić information content (AvgIpc) is 2.21. The SMILES string of the molecule is CCCCC(=CF)c1ccccc1. The minimum atomic E-state index is 0.727. The molecule has 0 saturated heterocycles. The Balaban J connectivity index is 2.69. The molecule has 0 N–H and O–H groups in total. The highest BCUT2D eigenvalue weighted by Gasteiger charge is 1.99. The number of unbranched alkanes of at least 4 members (excludes halogenated alkanes) is 1. The van der Waals surface area contributed by atoms with Gasteiger partial charge >= 0.3 is 0 Å². The first kappa shape index (κ1) is 9.97. The molecule has 0 heterocycles. The van der Waals surface area contributed by atoms with E-state index in [0.717, 1.165) is 36.7 Å². The number of benzene rings is 1. The molecule has 0 nitrogen and oxygen atoms in total. The molecule has 1 aromatic rings. The van der Waals surface area contributed by atoms with Crippen LogP contribution in [-0.4, -0.2) is 0 Å². The van der Waals surface area contributed by atoms with Crippen LogP contribution in [0.3, 0.4) is 0 Å². The van der Waals surface area contributed by atoms with Crippen LogP contribution in [0.15, 0.2) is 36.7 Å². The van der Waals surface area contributed by atoms with Gasteiger partial charge in [-0.3, -0.25) is 0 Å². The molecule has 0 aliphatic carbocycles. The second kappa shape index (κ2) is 5.52. The third-order valence-corrected chi connectivity index (χ3v) is 2.08. The van der Waals surface area contributed by atoms with Crippen molar-refractivity contribution in [3.63, 3.8) is 0 Å². The van der Waals surface area contributed by atoms with Crippen LogP contribution in [0.2, 0.25) is 0 Å². The lowest BCUT2D eigenvalue weighted by molar-refractivity contribution is 0.713. The van der Waals surface area contributed by atoms with Crippen molar-refractivity contribution in [1.29, 1.82) is 0 Å².